The molecule has 1 aliphatic rings. The summed E-state index contributed by atoms with van der Waals surface area (Å²) in [6, 6.07) is 5.97. The van der Waals surface area contributed by atoms with Crippen LogP contribution in [-0.2, 0) is 4.74 Å². The van der Waals surface area contributed by atoms with E-state index in [9.17, 15) is 0 Å². The lowest BCUT2D eigenvalue weighted by Crippen LogP contribution is -2.44. The van der Waals surface area contributed by atoms with Gasteiger partial charge in [-0.1, -0.05) is 6.92 Å². The van der Waals surface area contributed by atoms with Crippen LogP contribution in [0, 0.1) is 17.2 Å². The van der Waals surface area contributed by atoms with Gasteiger partial charge in [-0.05, 0) is 24.5 Å². The third-order valence-electron chi connectivity index (χ3n) is 3.43. The maximum atomic E-state index is 9.05. The average molecular weight is 231 g/mol. The highest BCUT2D eigenvalue weighted by Gasteiger charge is 2.27. The second-order valence-electron chi connectivity index (χ2n) is 4.47. The van der Waals surface area contributed by atoms with E-state index in [2.05, 4.69) is 22.9 Å². The fourth-order valence-electron chi connectivity index (χ4n) is 2.30. The first-order valence-corrected chi connectivity index (χ1v) is 5.89. The number of piperidine rings is 1. The molecule has 0 bridgehead atoms. The van der Waals surface area contributed by atoms with Crippen molar-refractivity contribution in [2.24, 2.45) is 5.92 Å². The number of rotatable bonds is 2. The maximum absolute atomic E-state index is 9.05. The molecule has 0 spiro atoms. The molecule has 0 saturated carbocycles. The number of anilines is 1. The van der Waals surface area contributed by atoms with E-state index in [1.54, 1.807) is 13.3 Å². The minimum Gasteiger partial charge on any atom is -0.379 e. The van der Waals surface area contributed by atoms with Gasteiger partial charge in [0.2, 0.25) is 0 Å². The molecule has 0 N–H and O–H groups in total. The summed E-state index contributed by atoms with van der Waals surface area (Å²) in [6.45, 7) is 4.00. The molecule has 1 aromatic heterocycles. The highest BCUT2D eigenvalue weighted by Crippen LogP contribution is 2.26. The molecule has 0 radical (unpaired) electrons. The molecular weight excluding hydrogens is 214 g/mol. The number of hydrogen-bond acceptors (Lipinski definition) is 4. The number of hydrogen-bond donors (Lipinski definition) is 0. The zero-order valence-corrected chi connectivity index (χ0v) is 10.3. The summed E-state index contributed by atoms with van der Waals surface area (Å²) in [7, 11) is 1.75. The molecule has 4 heteroatoms. The molecule has 2 rings (SSSR count). The molecule has 1 aliphatic heterocycles. The third-order valence-corrected chi connectivity index (χ3v) is 3.43. The van der Waals surface area contributed by atoms with Gasteiger partial charge in [0.15, 0.2) is 5.69 Å². The van der Waals surface area contributed by atoms with Crippen molar-refractivity contribution in [1.29, 1.82) is 5.26 Å². The van der Waals surface area contributed by atoms with Gasteiger partial charge in [-0.25, -0.2) is 4.98 Å². The molecule has 0 amide bonds. The normalized spacial score (nSPS) is 24.4. The van der Waals surface area contributed by atoms with Crippen molar-refractivity contribution >= 4 is 5.69 Å². The van der Waals surface area contributed by atoms with Crippen molar-refractivity contribution in [1.82, 2.24) is 4.98 Å². The molecule has 4 nitrogen and oxygen atoms in total. The summed E-state index contributed by atoms with van der Waals surface area (Å²) >= 11 is 0. The highest BCUT2D eigenvalue weighted by atomic mass is 16.5. The van der Waals surface area contributed by atoms with E-state index in [-0.39, 0.29) is 6.10 Å². The zero-order valence-electron chi connectivity index (χ0n) is 10.3. The minimum absolute atomic E-state index is 0.232. The number of nitrogens with zero attached hydrogens (tertiary/aromatic N) is 3. The summed E-state index contributed by atoms with van der Waals surface area (Å²) in [4.78, 5) is 6.29. The van der Waals surface area contributed by atoms with Crippen LogP contribution in [0.1, 0.15) is 19.0 Å². The van der Waals surface area contributed by atoms with Crippen LogP contribution < -0.4 is 4.90 Å². The lowest BCUT2D eigenvalue weighted by atomic mass is 9.95. The molecule has 1 aromatic rings. The quantitative estimate of drug-likeness (QED) is 0.779. The number of methoxy groups -OCH3 is 1. The van der Waals surface area contributed by atoms with E-state index in [1.807, 2.05) is 12.1 Å². The Bertz CT molecular complexity index is 427. The predicted octanol–water partition coefficient (Wildman–Crippen LogP) is 1.81. The Labute approximate surface area is 102 Å². The van der Waals surface area contributed by atoms with Crippen LogP contribution in [0.25, 0.3) is 0 Å². The molecule has 90 valence electrons. The minimum atomic E-state index is 0.232. The number of nitriles is 1. The van der Waals surface area contributed by atoms with Crippen LogP contribution in [0.3, 0.4) is 0 Å². The van der Waals surface area contributed by atoms with E-state index in [4.69, 9.17) is 10.00 Å². The second kappa shape index (κ2) is 5.15. The van der Waals surface area contributed by atoms with E-state index < -0.39 is 0 Å². The van der Waals surface area contributed by atoms with Gasteiger partial charge in [0.05, 0.1) is 11.8 Å². The van der Waals surface area contributed by atoms with Gasteiger partial charge in [-0.3, -0.25) is 0 Å². The van der Waals surface area contributed by atoms with Crippen LogP contribution in [0.5, 0.6) is 0 Å². The smallest absolute Gasteiger partial charge is 0.163 e. The van der Waals surface area contributed by atoms with Crippen molar-refractivity contribution in [3.63, 3.8) is 0 Å². The molecule has 1 saturated heterocycles. The molecular formula is C13H17N3O. The summed E-state index contributed by atoms with van der Waals surface area (Å²) in [6.07, 6.45) is 2.97. The average Bonchev–Trinajstić information content (AvgIpc) is 2.39. The molecule has 2 heterocycles. The van der Waals surface area contributed by atoms with Gasteiger partial charge in [0, 0.05) is 26.4 Å². The van der Waals surface area contributed by atoms with Gasteiger partial charge < -0.3 is 9.64 Å². The van der Waals surface area contributed by atoms with Crippen molar-refractivity contribution in [2.75, 3.05) is 25.1 Å². The van der Waals surface area contributed by atoms with Crippen LogP contribution in [-0.4, -0.2) is 31.3 Å². The Morgan fingerprint density at radius 3 is 3.12 bits per heavy atom. The molecule has 1 fully saturated rings. The molecule has 0 aliphatic carbocycles. The van der Waals surface area contributed by atoms with Crippen LogP contribution in [0.4, 0.5) is 5.69 Å². The number of pyridine rings is 1. The van der Waals surface area contributed by atoms with Gasteiger partial charge in [-0.15, -0.1) is 0 Å². The lowest BCUT2D eigenvalue weighted by molar-refractivity contribution is 0.0498. The Hall–Kier alpha value is -1.60. The van der Waals surface area contributed by atoms with Crippen molar-refractivity contribution < 1.29 is 4.74 Å². The van der Waals surface area contributed by atoms with Crippen LogP contribution in [0.2, 0.25) is 0 Å². The number of ether oxygens (including phenoxy) is 1. The zero-order chi connectivity index (χ0) is 12.3. The summed E-state index contributed by atoms with van der Waals surface area (Å²) in [5.74, 6) is 0.568. The van der Waals surface area contributed by atoms with Crippen molar-refractivity contribution in [2.45, 2.75) is 19.4 Å². The van der Waals surface area contributed by atoms with Crippen LogP contribution in [0.15, 0.2) is 18.3 Å². The topological polar surface area (TPSA) is 49.1 Å². The molecule has 2 atom stereocenters. The number of aromatic nitrogens is 1. The predicted molar refractivity (Wildman–Crippen MR) is 65.7 cm³/mol. The summed E-state index contributed by atoms with van der Waals surface area (Å²) in [5.41, 5.74) is 1.42. The first-order chi connectivity index (χ1) is 8.26. The van der Waals surface area contributed by atoms with Crippen molar-refractivity contribution in [3.8, 4) is 6.07 Å². The molecule has 17 heavy (non-hydrogen) atoms. The Morgan fingerprint density at radius 2 is 2.41 bits per heavy atom. The lowest BCUT2D eigenvalue weighted by Gasteiger charge is -2.37. The van der Waals surface area contributed by atoms with E-state index >= 15 is 0 Å². The first kappa shape index (κ1) is 11.9. The molecule has 0 aromatic carbocycles. The first-order valence-electron chi connectivity index (χ1n) is 5.89. The van der Waals surface area contributed by atoms with Gasteiger partial charge in [0.1, 0.15) is 6.07 Å². The summed E-state index contributed by atoms with van der Waals surface area (Å²) < 4.78 is 5.48. The fourth-order valence-corrected chi connectivity index (χ4v) is 2.30. The second-order valence-corrected chi connectivity index (χ2v) is 4.47. The molecule has 2 unspecified atom stereocenters. The van der Waals surface area contributed by atoms with E-state index in [0.717, 1.165) is 25.2 Å². The monoisotopic (exact) mass is 231 g/mol. The van der Waals surface area contributed by atoms with Gasteiger partial charge >= 0.3 is 0 Å². The van der Waals surface area contributed by atoms with Gasteiger partial charge in [0.25, 0.3) is 0 Å². The Kier molecular flexibility index (Phi) is 3.60. The standard InChI is InChI=1S/C13H17N3O/c1-10-5-7-16(9-13(10)17-2)12-4-3-6-15-11(12)8-14/h3-4,6,10,13H,5,7,9H2,1-2H3. The van der Waals surface area contributed by atoms with E-state index in [1.165, 1.54) is 0 Å². The summed E-state index contributed by atoms with van der Waals surface area (Å²) in [5, 5.41) is 9.05. The fraction of sp³-hybridized carbons (Fsp3) is 0.538. The Balaban J connectivity index is 2.21. The highest BCUT2D eigenvalue weighted by molar-refractivity contribution is 5.56. The van der Waals surface area contributed by atoms with Crippen molar-refractivity contribution in [3.05, 3.63) is 24.0 Å². The Morgan fingerprint density at radius 1 is 1.59 bits per heavy atom. The van der Waals surface area contributed by atoms with Gasteiger partial charge in [-0.2, -0.15) is 5.26 Å². The third kappa shape index (κ3) is 2.40. The SMILES string of the molecule is COC1CN(c2cccnc2C#N)CCC1C. The van der Waals surface area contributed by atoms with E-state index in [0.29, 0.717) is 11.6 Å². The maximum Gasteiger partial charge on any atom is 0.163 e. The van der Waals surface area contributed by atoms with Crippen LogP contribution >= 0.6 is 0 Å². The largest absolute Gasteiger partial charge is 0.379 e.